The molecule has 5 rings (SSSR count). The monoisotopic (exact) mass is 390 g/mol. The fraction of sp³-hybridized carbons (Fsp3) is 0.391. The zero-order valence-corrected chi connectivity index (χ0v) is 16.8. The quantitative estimate of drug-likeness (QED) is 0.489. The highest BCUT2D eigenvalue weighted by molar-refractivity contribution is 6.04. The molecule has 0 unspecified atom stereocenters. The number of H-pyrrole nitrogens is 2. The van der Waals surface area contributed by atoms with E-state index in [0.717, 1.165) is 47.3 Å². The van der Waals surface area contributed by atoms with E-state index in [2.05, 4.69) is 40.2 Å². The predicted octanol–water partition coefficient (Wildman–Crippen LogP) is 4.94. The zero-order valence-electron chi connectivity index (χ0n) is 16.8. The van der Waals surface area contributed by atoms with E-state index in [-0.39, 0.29) is 6.10 Å². The minimum Gasteiger partial charge on any atom is -0.497 e. The number of hydrogen-bond acceptors (Lipinski definition) is 4. The molecule has 2 N–H and O–H groups in total. The maximum atomic E-state index is 6.31. The van der Waals surface area contributed by atoms with Crippen molar-refractivity contribution in [3.8, 4) is 5.75 Å². The van der Waals surface area contributed by atoms with Gasteiger partial charge in [0.25, 0.3) is 0 Å². The lowest BCUT2D eigenvalue weighted by atomic mass is 9.89. The number of fused-ring (bicyclic) bond motifs is 3. The highest BCUT2D eigenvalue weighted by atomic mass is 16.5. The van der Waals surface area contributed by atoms with Crippen LogP contribution in [-0.4, -0.2) is 33.4 Å². The van der Waals surface area contributed by atoms with Gasteiger partial charge in [-0.05, 0) is 42.5 Å². The van der Waals surface area contributed by atoms with Crippen LogP contribution in [-0.2, 0) is 11.3 Å². The van der Waals surface area contributed by atoms with Gasteiger partial charge in [-0.3, -0.25) is 5.10 Å². The van der Waals surface area contributed by atoms with Crippen LogP contribution in [0.15, 0.2) is 42.7 Å². The van der Waals surface area contributed by atoms with Gasteiger partial charge in [-0.2, -0.15) is 5.10 Å². The van der Waals surface area contributed by atoms with Gasteiger partial charge in [-0.15, -0.1) is 0 Å². The molecule has 0 saturated heterocycles. The second-order valence-electron chi connectivity index (χ2n) is 7.92. The normalized spacial score (nSPS) is 21.9. The van der Waals surface area contributed by atoms with Gasteiger partial charge in [0.2, 0.25) is 0 Å². The number of ether oxygens (including phenoxy) is 2. The average molecular weight is 390 g/mol. The van der Waals surface area contributed by atoms with Crippen LogP contribution in [0.2, 0.25) is 0 Å². The lowest BCUT2D eigenvalue weighted by Crippen LogP contribution is -2.08. The molecule has 0 amide bonds. The van der Waals surface area contributed by atoms with Crippen LogP contribution < -0.4 is 4.74 Å². The molecule has 29 heavy (non-hydrogen) atoms. The summed E-state index contributed by atoms with van der Waals surface area (Å²) in [5.41, 5.74) is 4.25. The largest absolute Gasteiger partial charge is 0.497 e. The molecule has 3 aromatic heterocycles. The molecule has 0 aliphatic heterocycles. The maximum absolute atomic E-state index is 6.31. The van der Waals surface area contributed by atoms with Crippen LogP contribution >= 0.6 is 0 Å². The van der Waals surface area contributed by atoms with Crippen molar-refractivity contribution in [2.45, 2.75) is 44.8 Å². The molecule has 150 valence electrons. The molecule has 0 bridgehead atoms. The van der Waals surface area contributed by atoms with E-state index < -0.39 is 0 Å². The minimum atomic E-state index is 0.252. The van der Waals surface area contributed by atoms with E-state index >= 15 is 0 Å². The molecule has 3 heterocycles. The lowest BCUT2D eigenvalue weighted by molar-refractivity contribution is 0.0423. The molecule has 1 aromatic carbocycles. The Hall–Kier alpha value is -2.86. The summed E-state index contributed by atoms with van der Waals surface area (Å²) in [6, 6.07) is 10.2. The van der Waals surface area contributed by atoms with Crippen molar-refractivity contribution in [3.05, 3.63) is 54.0 Å². The van der Waals surface area contributed by atoms with Gasteiger partial charge in [0, 0.05) is 22.9 Å². The summed E-state index contributed by atoms with van der Waals surface area (Å²) in [6.45, 7) is 2.90. The molecule has 0 spiro atoms. The van der Waals surface area contributed by atoms with Crippen LogP contribution in [0.1, 0.15) is 43.4 Å². The average Bonchev–Trinajstić information content (AvgIpc) is 3.48. The number of benzene rings is 1. The number of nitrogens with zero attached hydrogens (tertiary/aromatic N) is 2. The summed E-state index contributed by atoms with van der Waals surface area (Å²) < 4.78 is 11.5. The van der Waals surface area contributed by atoms with E-state index in [1.54, 1.807) is 7.11 Å². The Kier molecular flexibility index (Phi) is 4.72. The Morgan fingerprint density at radius 2 is 2.00 bits per heavy atom. The van der Waals surface area contributed by atoms with Crippen molar-refractivity contribution in [2.24, 2.45) is 5.92 Å². The highest BCUT2D eigenvalue weighted by Crippen LogP contribution is 2.45. The van der Waals surface area contributed by atoms with E-state index in [1.165, 1.54) is 10.9 Å². The predicted molar refractivity (Wildman–Crippen MR) is 113 cm³/mol. The molecule has 1 fully saturated rings. The van der Waals surface area contributed by atoms with Crippen molar-refractivity contribution in [1.29, 1.82) is 0 Å². The van der Waals surface area contributed by atoms with Crippen molar-refractivity contribution < 1.29 is 9.47 Å². The van der Waals surface area contributed by atoms with Crippen LogP contribution in [0.4, 0.5) is 0 Å². The molecule has 0 radical (unpaired) electrons. The second kappa shape index (κ2) is 7.52. The van der Waals surface area contributed by atoms with Gasteiger partial charge in [-0.25, -0.2) is 4.98 Å². The third-order valence-corrected chi connectivity index (χ3v) is 6.31. The molecular weight excluding hydrogens is 364 g/mol. The van der Waals surface area contributed by atoms with Crippen LogP contribution in [0.5, 0.6) is 5.75 Å². The topological polar surface area (TPSA) is 75.8 Å². The molecule has 6 heteroatoms. The summed E-state index contributed by atoms with van der Waals surface area (Å²) in [5.74, 6) is 1.84. The number of hydrogen-bond donors (Lipinski definition) is 2. The van der Waals surface area contributed by atoms with Crippen molar-refractivity contribution in [1.82, 2.24) is 20.2 Å². The van der Waals surface area contributed by atoms with Crippen molar-refractivity contribution >= 4 is 21.9 Å². The van der Waals surface area contributed by atoms with E-state index in [4.69, 9.17) is 14.6 Å². The first-order valence-corrected chi connectivity index (χ1v) is 10.3. The Bertz CT molecular complexity index is 1120. The smallest absolute Gasteiger partial charge is 0.138 e. The maximum Gasteiger partial charge on any atom is 0.138 e. The van der Waals surface area contributed by atoms with Gasteiger partial charge >= 0.3 is 0 Å². The molecular formula is C23H26N4O2. The Labute approximate surface area is 169 Å². The first-order valence-electron chi connectivity index (χ1n) is 10.3. The Morgan fingerprint density at radius 3 is 2.79 bits per heavy atom. The van der Waals surface area contributed by atoms with Crippen LogP contribution in [0.3, 0.4) is 0 Å². The number of nitrogens with one attached hydrogen (secondary N) is 2. The molecule has 1 saturated carbocycles. The summed E-state index contributed by atoms with van der Waals surface area (Å²) in [7, 11) is 1.69. The number of aromatic nitrogens is 4. The first-order chi connectivity index (χ1) is 14.3. The number of pyridine rings is 1. The fourth-order valence-corrected chi connectivity index (χ4v) is 4.75. The SMILES string of the molecule is CC[C@H]1C[C@@H](OCc2ccc(OC)cc2)C[C@@H]1c1n[nH]c2cnc3[nH]ccc3c12. The summed E-state index contributed by atoms with van der Waals surface area (Å²) >= 11 is 0. The highest BCUT2D eigenvalue weighted by Gasteiger charge is 2.37. The Morgan fingerprint density at radius 1 is 1.14 bits per heavy atom. The standard InChI is InChI=1S/C23H26N4O2/c1-3-15-10-17(29-13-14-4-6-16(28-2)7-5-14)11-19(15)22-21-18-8-9-24-23(18)25-12-20(21)26-27-22/h4-9,12,15,17,19H,3,10-11,13H2,1-2H3,(H,24,25)(H,26,27)/t15-,17+,19-/m0/s1. The fourth-order valence-electron chi connectivity index (χ4n) is 4.75. The van der Waals surface area contributed by atoms with Gasteiger partial charge < -0.3 is 14.5 Å². The van der Waals surface area contributed by atoms with Gasteiger partial charge in [0.05, 0.1) is 37.2 Å². The summed E-state index contributed by atoms with van der Waals surface area (Å²) in [4.78, 5) is 7.69. The van der Waals surface area contributed by atoms with E-state index in [1.807, 2.05) is 24.5 Å². The molecule has 1 aliphatic rings. The number of aromatic amines is 2. The summed E-state index contributed by atoms with van der Waals surface area (Å²) in [6.07, 6.45) is 7.28. The lowest BCUT2D eigenvalue weighted by Gasteiger charge is -2.15. The van der Waals surface area contributed by atoms with Gasteiger partial charge in [0.15, 0.2) is 0 Å². The minimum absolute atomic E-state index is 0.252. The third kappa shape index (κ3) is 3.27. The van der Waals surface area contributed by atoms with Gasteiger partial charge in [-0.1, -0.05) is 25.5 Å². The van der Waals surface area contributed by atoms with Crippen LogP contribution in [0, 0.1) is 5.92 Å². The summed E-state index contributed by atoms with van der Waals surface area (Å²) in [5, 5.41) is 10.3. The molecule has 1 aliphatic carbocycles. The molecule has 3 atom stereocenters. The number of methoxy groups -OCH3 is 1. The van der Waals surface area contributed by atoms with Crippen molar-refractivity contribution in [3.63, 3.8) is 0 Å². The zero-order chi connectivity index (χ0) is 19.8. The first kappa shape index (κ1) is 18.2. The van der Waals surface area contributed by atoms with Gasteiger partial charge in [0.1, 0.15) is 11.4 Å². The molecule has 4 aromatic rings. The van der Waals surface area contributed by atoms with Crippen LogP contribution in [0.25, 0.3) is 21.9 Å². The van der Waals surface area contributed by atoms with E-state index in [9.17, 15) is 0 Å². The second-order valence-corrected chi connectivity index (χ2v) is 7.92. The Balaban J connectivity index is 1.37. The van der Waals surface area contributed by atoms with E-state index in [0.29, 0.717) is 18.4 Å². The number of rotatable bonds is 6. The third-order valence-electron chi connectivity index (χ3n) is 6.31. The van der Waals surface area contributed by atoms with Crippen molar-refractivity contribution in [2.75, 3.05) is 7.11 Å². The molecule has 6 nitrogen and oxygen atoms in total.